The lowest BCUT2D eigenvalue weighted by Gasteiger charge is -2.20. The first-order valence-electron chi connectivity index (χ1n) is 21.3. The summed E-state index contributed by atoms with van der Waals surface area (Å²) in [4.78, 5) is 36.3. The molecule has 14 heteroatoms. The van der Waals surface area contributed by atoms with Crippen molar-refractivity contribution >= 4 is 18.0 Å². The van der Waals surface area contributed by atoms with E-state index in [4.69, 9.17) is 15.2 Å². The molecule has 4 aromatic carbocycles. The van der Waals surface area contributed by atoms with Crippen LogP contribution in [-0.2, 0) is 48.5 Å². The zero-order chi connectivity index (χ0) is 45.7. The second-order valence-corrected chi connectivity index (χ2v) is 17.1. The number of carboxylic acid groups (broad SMARTS) is 1. The van der Waals surface area contributed by atoms with Crippen LogP contribution in [0.25, 0.3) is 22.3 Å². The first-order chi connectivity index (χ1) is 30.0. The third kappa shape index (κ3) is 13.4. The monoisotopic (exact) mass is 856 g/mol. The summed E-state index contributed by atoms with van der Waals surface area (Å²) in [7, 11) is 0. The number of hydrogen-bond acceptors (Lipinski definition) is 10. The Morgan fingerprint density at radius 3 is 1.49 bits per heavy atom. The van der Waals surface area contributed by atoms with Crippen molar-refractivity contribution in [2.45, 2.75) is 118 Å². The summed E-state index contributed by atoms with van der Waals surface area (Å²) in [6, 6.07) is 30.4. The first kappa shape index (κ1) is 47.4. The highest BCUT2D eigenvalue weighted by atomic mass is 16.6. The van der Waals surface area contributed by atoms with Crippen molar-refractivity contribution in [3.8, 4) is 22.3 Å². The van der Waals surface area contributed by atoms with Crippen molar-refractivity contribution in [1.29, 1.82) is 0 Å². The molecule has 14 nitrogen and oxygen atoms in total. The van der Waals surface area contributed by atoms with E-state index in [9.17, 15) is 19.5 Å². The first-order valence-corrected chi connectivity index (χ1v) is 21.3. The number of rotatable bonds is 15. The van der Waals surface area contributed by atoms with E-state index in [0.29, 0.717) is 42.1 Å². The highest BCUT2D eigenvalue weighted by molar-refractivity contribution is 5.97. The summed E-state index contributed by atoms with van der Waals surface area (Å²) in [5.41, 5.74) is 10.9. The van der Waals surface area contributed by atoms with E-state index < -0.39 is 23.3 Å². The van der Waals surface area contributed by atoms with Gasteiger partial charge in [0, 0.05) is 12.8 Å². The Morgan fingerprint density at radius 2 is 1.03 bits per heavy atom. The van der Waals surface area contributed by atoms with Crippen molar-refractivity contribution in [3.63, 3.8) is 0 Å². The molecule has 0 fully saturated rings. The lowest BCUT2D eigenvalue weighted by atomic mass is 9.98. The molecule has 4 N–H and O–H groups in total. The molecule has 2 aromatic heterocycles. The third-order valence-corrected chi connectivity index (χ3v) is 9.64. The predicted octanol–water partition coefficient (Wildman–Crippen LogP) is 9.03. The van der Waals surface area contributed by atoms with Gasteiger partial charge in [-0.3, -0.25) is 0 Å². The molecule has 0 saturated heterocycles. The van der Waals surface area contributed by atoms with Crippen molar-refractivity contribution in [1.82, 2.24) is 34.8 Å². The van der Waals surface area contributed by atoms with Crippen LogP contribution in [0, 0.1) is 0 Å². The lowest BCUT2D eigenvalue weighted by molar-refractivity contribution is 0.00698. The molecule has 0 spiro atoms. The average Bonchev–Trinajstić information content (AvgIpc) is 3.81. The number of carbonyl (C=O) groups excluding carboxylic acids is 2. The van der Waals surface area contributed by atoms with Crippen LogP contribution in [0.15, 0.2) is 97.1 Å². The number of benzene rings is 4. The maximum atomic E-state index is 12.8. The van der Waals surface area contributed by atoms with Gasteiger partial charge in [0.2, 0.25) is 0 Å². The van der Waals surface area contributed by atoms with Gasteiger partial charge in [-0.25, -0.2) is 14.4 Å². The van der Waals surface area contributed by atoms with Gasteiger partial charge in [0.05, 0.1) is 37.3 Å². The van der Waals surface area contributed by atoms with E-state index in [1.807, 2.05) is 125 Å². The predicted molar refractivity (Wildman–Crippen MR) is 243 cm³/mol. The number of aromatic carboxylic acids is 1. The van der Waals surface area contributed by atoms with Crippen LogP contribution in [0.1, 0.15) is 123 Å². The molecule has 0 unspecified atom stereocenters. The topological polar surface area (TPSA) is 189 Å². The van der Waals surface area contributed by atoms with E-state index in [-0.39, 0.29) is 12.5 Å². The molecule has 0 aliphatic rings. The molecule has 0 saturated carbocycles. The Labute approximate surface area is 369 Å². The number of nitrogens with zero attached hydrogens (tertiary/aromatic N) is 6. The molecule has 0 atom stereocenters. The lowest BCUT2D eigenvalue weighted by Crippen LogP contribution is -2.33. The minimum atomic E-state index is -0.925. The van der Waals surface area contributed by atoms with E-state index in [1.165, 1.54) is 0 Å². The van der Waals surface area contributed by atoms with Crippen molar-refractivity contribution in [3.05, 3.63) is 143 Å². The largest absolute Gasteiger partial charge is 0.478 e. The van der Waals surface area contributed by atoms with Gasteiger partial charge in [0.15, 0.2) is 5.82 Å². The van der Waals surface area contributed by atoms with Crippen LogP contribution in [-0.4, -0.2) is 63.9 Å². The van der Waals surface area contributed by atoms with Crippen LogP contribution in [0.5, 0.6) is 0 Å². The van der Waals surface area contributed by atoms with Gasteiger partial charge in [0.25, 0.3) is 0 Å². The molecular formula is C49H60N8O6. The van der Waals surface area contributed by atoms with E-state index in [0.717, 1.165) is 71.0 Å². The van der Waals surface area contributed by atoms with Gasteiger partial charge in [-0.1, -0.05) is 98.8 Å². The normalized spacial score (nSPS) is 11.4. The number of aryl methyl sites for hydroxylation is 2. The van der Waals surface area contributed by atoms with E-state index >= 15 is 0 Å². The highest BCUT2D eigenvalue weighted by Crippen LogP contribution is 2.27. The van der Waals surface area contributed by atoms with Gasteiger partial charge < -0.3 is 34.8 Å². The maximum Gasteiger partial charge on any atom is 0.408 e. The van der Waals surface area contributed by atoms with Gasteiger partial charge in [-0.2, -0.15) is 0 Å². The Hall–Kier alpha value is -6.67. The second kappa shape index (κ2) is 21.4. The number of amides is 1. The quantitative estimate of drug-likeness (QED) is 0.0836. The van der Waals surface area contributed by atoms with Crippen LogP contribution in [0.2, 0.25) is 0 Å². The SMILES string of the molecule is CCCc1nnc(CN)n1Cc1ccc(-c2ccccc2C(=O)O)cc1.CCCc1nnc(CNC(=O)OC(C)(C)C)n1Cc1ccc(-c2ccccc2C(=O)OC(C)(C)C)cc1. The van der Waals surface area contributed by atoms with Crippen LogP contribution < -0.4 is 11.1 Å². The molecule has 0 aliphatic carbocycles. The number of ether oxygens (including phenoxy) is 2. The number of carbonyl (C=O) groups is 3. The second-order valence-electron chi connectivity index (χ2n) is 17.1. The van der Waals surface area contributed by atoms with E-state index in [2.05, 4.69) is 44.1 Å². The summed E-state index contributed by atoms with van der Waals surface area (Å²) in [6.07, 6.45) is 3.07. The number of esters is 1. The smallest absolute Gasteiger partial charge is 0.408 e. The molecule has 2 heterocycles. The fraction of sp³-hybridized carbons (Fsp3) is 0.367. The molecule has 0 radical (unpaired) electrons. The molecule has 0 aliphatic heterocycles. The third-order valence-electron chi connectivity index (χ3n) is 9.64. The Bertz CT molecular complexity index is 2460. The number of aromatic nitrogens is 6. The number of alkyl carbamates (subject to hydrolysis) is 1. The average molecular weight is 857 g/mol. The van der Waals surface area contributed by atoms with Gasteiger partial charge in [0.1, 0.15) is 28.7 Å². The van der Waals surface area contributed by atoms with Crippen LogP contribution >= 0.6 is 0 Å². The minimum absolute atomic E-state index is 0.215. The van der Waals surface area contributed by atoms with Crippen LogP contribution in [0.3, 0.4) is 0 Å². The Kier molecular flexibility index (Phi) is 16.1. The molecule has 6 rings (SSSR count). The maximum absolute atomic E-state index is 12.8. The van der Waals surface area contributed by atoms with Crippen LogP contribution in [0.4, 0.5) is 4.79 Å². The molecule has 332 valence electrons. The number of carboxylic acids is 1. The molecule has 6 aromatic rings. The number of nitrogens with one attached hydrogen (secondary N) is 1. The summed E-state index contributed by atoms with van der Waals surface area (Å²) in [6.45, 7) is 17.0. The van der Waals surface area contributed by atoms with Crippen molar-refractivity contribution < 1.29 is 29.0 Å². The summed E-state index contributed by atoms with van der Waals surface area (Å²) in [5.74, 6) is 1.97. The standard InChI is InChI=1S/C29H38N4O4.C20H22N4O2/c1-8-11-24-31-32-25(18-30-27(35)37-29(5,6)7)33(24)19-20-14-16-21(17-15-20)22-12-9-10-13-23(22)26(34)36-28(2,3)4;1-2-5-18-22-23-19(12-21)24(18)13-14-8-10-15(11-9-14)16-6-3-4-7-17(16)20(25)26/h9-10,12-17H,8,11,18-19H2,1-7H3,(H,30,35);3-4,6-11H,2,5,12-13,21H2,1H3,(H,25,26). The van der Waals surface area contributed by atoms with Crippen molar-refractivity contribution in [2.75, 3.05) is 0 Å². The van der Waals surface area contributed by atoms with Gasteiger partial charge >= 0.3 is 18.0 Å². The van der Waals surface area contributed by atoms with Crippen molar-refractivity contribution in [2.24, 2.45) is 5.73 Å². The van der Waals surface area contributed by atoms with Gasteiger partial charge in [-0.15, -0.1) is 20.4 Å². The minimum Gasteiger partial charge on any atom is -0.478 e. The van der Waals surface area contributed by atoms with Gasteiger partial charge in [-0.05, 0) is 99.9 Å². The fourth-order valence-electron chi connectivity index (χ4n) is 6.79. The molecule has 1 amide bonds. The summed E-state index contributed by atoms with van der Waals surface area (Å²) < 4.78 is 15.0. The number of hydrogen-bond donors (Lipinski definition) is 3. The molecule has 63 heavy (non-hydrogen) atoms. The highest BCUT2D eigenvalue weighted by Gasteiger charge is 2.22. The molecular weight excluding hydrogens is 797 g/mol. The summed E-state index contributed by atoms with van der Waals surface area (Å²) >= 11 is 0. The number of nitrogens with two attached hydrogens (primary N) is 1. The fourth-order valence-corrected chi connectivity index (χ4v) is 6.79. The zero-order valence-corrected chi connectivity index (χ0v) is 37.6. The summed E-state index contributed by atoms with van der Waals surface area (Å²) in [5, 5.41) is 29.2. The Morgan fingerprint density at radius 1 is 0.603 bits per heavy atom. The zero-order valence-electron chi connectivity index (χ0n) is 37.6. The Balaban J connectivity index is 0.000000252. The molecule has 0 bridgehead atoms. The van der Waals surface area contributed by atoms with E-state index in [1.54, 1.807) is 18.2 Å².